The van der Waals surface area contributed by atoms with Crippen LogP contribution in [0.1, 0.15) is 38.4 Å². The van der Waals surface area contributed by atoms with E-state index in [0.29, 0.717) is 10.4 Å². The molecule has 0 saturated carbocycles. The van der Waals surface area contributed by atoms with E-state index in [0.717, 1.165) is 31.5 Å². The Bertz CT molecular complexity index is 423. The lowest BCUT2D eigenvalue weighted by atomic mass is 9.94. The van der Waals surface area contributed by atoms with Crippen molar-refractivity contribution in [2.45, 2.75) is 38.9 Å². The Morgan fingerprint density at radius 2 is 2.11 bits per heavy atom. The number of rotatable bonds is 4. The Morgan fingerprint density at radius 1 is 1.37 bits per heavy atom. The van der Waals surface area contributed by atoms with Gasteiger partial charge >= 0.3 is 0 Å². The van der Waals surface area contributed by atoms with Gasteiger partial charge in [0.15, 0.2) is 0 Å². The van der Waals surface area contributed by atoms with Crippen LogP contribution in [0.4, 0.5) is 4.39 Å². The second-order valence-corrected chi connectivity index (χ2v) is 5.93. The lowest BCUT2D eigenvalue weighted by Gasteiger charge is -2.35. The third kappa shape index (κ3) is 3.56. The quantitative estimate of drug-likeness (QED) is 0.899. The van der Waals surface area contributed by atoms with Gasteiger partial charge in [0.1, 0.15) is 5.82 Å². The Labute approximate surface area is 122 Å². The van der Waals surface area contributed by atoms with Crippen LogP contribution in [0.5, 0.6) is 0 Å². The summed E-state index contributed by atoms with van der Waals surface area (Å²) in [6.45, 7) is 6.10. The highest BCUT2D eigenvalue weighted by Gasteiger charge is 2.28. The molecule has 1 aromatic rings. The van der Waals surface area contributed by atoms with E-state index in [9.17, 15) is 4.39 Å². The zero-order chi connectivity index (χ0) is 13.8. The van der Waals surface area contributed by atoms with Crippen molar-refractivity contribution in [2.75, 3.05) is 13.1 Å². The minimum atomic E-state index is -0.232. The second-order valence-electron chi connectivity index (χ2n) is 5.07. The molecule has 0 aliphatic carbocycles. The van der Waals surface area contributed by atoms with Crippen molar-refractivity contribution in [3.8, 4) is 0 Å². The van der Waals surface area contributed by atoms with Crippen LogP contribution in [0.2, 0.25) is 0 Å². The molecule has 2 rings (SSSR count). The molecule has 2 nitrogen and oxygen atoms in total. The number of morpholine rings is 1. The maximum Gasteiger partial charge on any atom is 0.137 e. The molecule has 4 heteroatoms. The number of hydrogen-bond donors (Lipinski definition) is 1. The van der Waals surface area contributed by atoms with Gasteiger partial charge in [-0.1, -0.05) is 32.8 Å². The molecular weight excluding hydrogens is 309 g/mol. The van der Waals surface area contributed by atoms with Gasteiger partial charge in [-0.3, -0.25) is 0 Å². The number of halogens is 2. The van der Waals surface area contributed by atoms with E-state index in [1.54, 1.807) is 0 Å². The lowest BCUT2D eigenvalue weighted by Crippen LogP contribution is -2.44. The number of benzene rings is 1. The first-order valence-electron chi connectivity index (χ1n) is 6.96. The van der Waals surface area contributed by atoms with E-state index in [1.807, 2.05) is 12.1 Å². The third-order valence-corrected chi connectivity index (χ3v) is 4.51. The fourth-order valence-electron chi connectivity index (χ4n) is 2.67. The average Bonchev–Trinajstić information content (AvgIpc) is 2.44. The molecule has 2 atom stereocenters. The van der Waals surface area contributed by atoms with Crippen LogP contribution < -0.4 is 5.32 Å². The Morgan fingerprint density at radius 3 is 2.74 bits per heavy atom. The van der Waals surface area contributed by atoms with E-state index in [4.69, 9.17) is 4.74 Å². The van der Waals surface area contributed by atoms with Crippen LogP contribution in [0.15, 0.2) is 22.7 Å². The van der Waals surface area contributed by atoms with Gasteiger partial charge in [-0.15, -0.1) is 0 Å². The third-order valence-electron chi connectivity index (χ3n) is 3.90. The maximum absolute atomic E-state index is 13.3. The van der Waals surface area contributed by atoms with Crippen LogP contribution in [0.3, 0.4) is 0 Å². The SMILES string of the molecule is CCC(CC)C1CNCC(c2ccc(F)c(Br)c2)O1. The molecule has 0 radical (unpaired) electrons. The molecule has 2 unspecified atom stereocenters. The molecule has 19 heavy (non-hydrogen) atoms. The van der Waals surface area contributed by atoms with Gasteiger partial charge in [-0.25, -0.2) is 4.39 Å². The summed E-state index contributed by atoms with van der Waals surface area (Å²) in [7, 11) is 0. The van der Waals surface area contributed by atoms with Gasteiger partial charge in [0.2, 0.25) is 0 Å². The van der Waals surface area contributed by atoms with Crippen LogP contribution in [0, 0.1) is 11.7 Å². The van der Waals surface area contributed by atoms with Crippen LogP contribution in [-0.4, -0.2) is 19.2 Å². The molecule has 0 aromatic heterocycles. The molecule has 1 aromatic carbocycles. The molecule has 0 amide bonds. The van der Waals surface area contributed by atoms with Crippen molar-refractivity contribution >= 4 is 15.9 Å². The molecule has 106 valence electrons. The van der Waals surface area contributed by atoms with E-state index < -0.39 is 0 Å². The van der Waals surface area contributed by atoms with E-state index in [1.165, 1.54) is 6.07 Å². The summed E-state index contributed by atoms with van der Waals surface area (Å²) >= 11 is 3.23. The van der Waals surface area contributed by atoms with Gasteiger partial charge in [-0.05, 0) is 39.5 Å². The summed E-state index contributed by atoms with van der Waals surface area (Å²) < 4.78 is 20.0. The van der Waals surface area contributed by atoms with E-state index in [2.05, 4.69) is 35.1 Å². The summed E-state index contributed by atoms with van der Waals surface area (Å²) in [5.41, 5.74) is 1.02. The van der Waals surface area contributed by atoms with Crippen molar-refractivity contribution in [1.82, 2.24) is 5.32 Å². The minimum absolute atomic E-state index is 0.0104. The highest BCUT2D eigenvalue weighted by Crippen LogP contribution is 2.29. The molecule has 1 N–H and O–H groups in total. The van der Waals surface area contributed by atoms with Crippen LogP contribution in [-0.2, 0) is 4.74 Å². The van der Waals surface area contributed by atoms with Crippen molar-refractivity contribution in [1.29, 1.82) is 0 Å². The zero-order valence-corrected chi connectivity index (χ0v) is 13.0. The fourth-order valence-corrected chi connectivity index (χ4v) is 3.06. The van der Waals surface area contributed by atoms with Gasteiger partial charge < -0.3 is 10.1 Å². The van der Waals surface area contributed by atoms with Gasteiger partial charge in [0.25, 0.3) is 0 Å². The summed E-state index contributed by atoms with van der Waals surface area (Å²) in [4.78, 5) is 0. The topological polar surface area (TPSA) is 21.3 Å². The first-order valence-corrected chi connectivity index (χ1v) is 7.76. The van der Waals surface area contributed by atoms with E-state index >= 15 is 0 Å². The molecule has 1 aliphatic rings. The zero-order valence-electron chi connectivity index (χ0n) is 11.5. The molecule has 0 bridgehead atoms. The lowest BCUT2D eigenvalue weighted by molar-refractivity contribution is -0.0688. The van der Waals surface area contributed by atoms with Crippen LogP contribution >= 0.6 is 15.9 Å². The van der Waals surface area contributed by atoms with Crippen molar-refractivity contribution in [3.05, 3.63) is 34.1 Å². The molecule has 1 heterocycles. The van der Waals surface area contributed by atoms with Crippen molar-refractivity contribution in [3.63, 3.8) is 0 Å². The first kappa shape index (κ1) is 14.9. The minimum Gasteiger partial charge on any atom is -0.367 e. The van der Waals surface area contributed by atoms with Crippen molar-refractivity contribution in [2.24, 2.45) is 5.92 Å². The summed E-state index contributed by atoms with van der Waals surface area (Å²) in [5.74, 6) is 0.350. The molecule has 1 fully saturated rings. The van der Waals surface area contributed by atoms with Gasteiger partial charge in [0, 0.05) is 13.1 Å². The van der Waals surface area contributed by atoms with Crippen molar-refractivity contribution < 1.29 is 9.13 Å². The van der Waals surface area contributed by atoms with E-state index in [-0.39, 0.29) is 18.0 Å². The standard InChI is InChI=1S/C15H21BrFNO/c1-3-10(4-2)14-8-18-9-15(19-14)11-5-6-13(17)12(16)7-11/h5-7,10,14-15,18H,3-4,8-9H2,1-2H3. The number of nitrogens with one attached hydrogen (secondary N) is 1. The predicted octanol–water partition coefficient (Wildman–Crippen LogP) is 4.05. The normalized spacial score (nSPS) is 23.8. The predicted molar refractivity (Wildman–Crippen MR) is 78.7 cm³/mol. The first-order chi connectivity index (χ1) is 9.15. The Balaban J connectivity index is 2.10. The Hall–Kier alpha value is -0.450. The number of hydrogen-bond acceptors (Lipinski definition) is 2. The molecule has 1 aliphatic heterocycles. The highest BCUT2D eigenvalue weighted by molar-refractivity contribution is 9.10. The summed E-state index contributed by atoms with van der Waals surface area (Å²) in [6, 6.07) is 5.11. The van der Waals surface area contributed by atoms with Gasteiger partial charge in [-0.2, -0.15) is 0 Å². The van der Waals surface area contributed by atoms with Crippen LogP contribution in [0.25, 0.3) is 0 Å². The highest BCUT2D eigenvalue weighted by atomic mass is 79.9. The molecule has 0 spiro atoms. The largest absolute Gasteiger partial charge is 0.367 e. The van der Waals surface area contributed by atoms with Gasteiger partial charge in [0.05, 0.1) is 16.7 Å². The molecule has 1 saturated heterocycles. The maximum atomic E-state index is 13.3. The fraction of sp³-hybridized carbons (Fsp3) is 0.600. The average molecular weight is 330 g/mol. The number of ether oxygens (including phenoxy) is 1. The Kier molecular flexibility index (Phi) is 5.37. The monoisotopic (exact) mass is 329 g/mol. The second kappa shape index (κ2) is 6.82. The smallest absolute Gasteiger partial charge is 0.137 e. The molecular formula is C15H21BrFNO. The summed E-state index contributed by atoms with van der Waals surface area (Å²) in [5, 5.41) is 3.43. The summed E-state index contributed by atoms with van der Waals surface area (Å²) in [6.07, 6.45) is 2.51.